The van der Waals surface area contributed by atoms with Crippen molar-refractivity contribution in [2.75, 3.05) is 0 Å². The molecule has 0 spiro atoms. The molecule has 0 aromatic carbocycles. The maximum atomic E-state index is 11.8. The van der Waals surface area contributed by atoms with Gasteiger partial charge in [0.1, 0.15) is 11.3 Å². The van der Waals surface area contributed by atoms with Gasteiger partial charge in [-0.25, -0.2) is 14.2 Å². The van der Waals surface area contributed by atoms with Gasteiger partial charge in [0.05, 0.1) is 6.33 Å². The molecule has 3 heterocycles. The minimum Gasteiger partial charge on any atom is -0.340 e. The van der Waals surface area contributed by atoms with Crippen LogP contribution in [0, 0.1) is 0 Å². The molecule has 16 heavy (non-hydrogen) atoms. The highest BCUT2D eigenvalue weighted by molar-refractivity contribution is 5.84. The third-order valence-corrected chi connectivity index (χ3v) is 2.50. The zero-order valence-corrected chi connectivity index (χ0v) is 8.69. The van der Waals surface area contributed by atoms with Crippen molar-refractivity contribution in [2.45, 2.75) is 19.8 Å². The monoisotopic (exact) mass is 218 g/mol. The molecule has 3 rings (SSSR count). The number of hydrogen-bond donors (Lipinski definition) is 2. The smallest absolute Gasteiger partial charge is 0.334 e. The SMILES string of the molecule is CCCc1nnc2c3[nH]cnc3[nH]c(=O)n12. The van der Waals surface area contributed by atoms with Gasteiger partial charge in [-0.15, -0.1) is 10.2 Å². The summed E-state index contributed by atoms with van der Waals surface area (Å²) in [5.41, 5.74) is 1.49. The van der Waals surface area contributed by atoms with Crippen LogP contribution in [-0.4, -0.2) is 29.5 Å². The second-order valence-electron chi connectivity index (χ2n) is 3.58. The quantitative estimate of drug-likeness (QED) is 0.644. The first-order chi connectivity index (χ1) is 7.81. The summed E-state index contributed by atoms with van der Waals surface area (Å²) in [4.78, 5) is 21.4. The number of nitrogens with zero attached hydrogens (tertiary/aromatic N) is 4. The molecule has 0 atom stereocenters. The fourth-order valence-electron chi connectivity index (χ4n) is 1.79. The molecule has 0 bridgehead atoms. The molecule has 0 aliphatic heterocycles. The highest BCUT2D eigenvalue weighted by Crippen LogP contribution is 2.11. The Bertz CT molecular complexity index is 705. The molecule has 82 valence electrons. The van der Waals surface area contributed by atoms with Crippen molar-refractivity contribution in [3.05, 3.63) is 22.6 Å². The van der Waals surface area contributed by atoms with Crippen LogP contribution in [0.5, 0.6) is 0 Å². The number of fused-ring (bicyclic) bond motifs is 3. The minimum atomic E-state index is -0.247. The number of aromatic nitrogens is 6. The van der Waals surface area contributed by atoms with Gasteiger partial charge in [-0.1, -0.05) is 6.92 Å². The lowest BCUT2D eigenvalue weighted by molar-refractivity contribution is 0.801. The number of H-pyrrole nitrogens is 2. The van der Waals surface area contributed by atoms with Crippen molar-refractivity contribution in [3.63, 3.8) is 0 Å². The van der Waals surface area contributed by atoms with E-state index in [1.54, 1.807) is 0 Å². The first kappa shape index (κ1) is 9.08. The van der Waals surface area contributed by atoms with Gasteiger partial charge in [-0.3, -0.25) is 4.98 Å². The van der Waals surface area contributed by atoms with Gasteiger partial charge in [0.2, 0.25) is 0 Å². The minimum absolute atomic E-state index is 0.247. The van der Waals surface area contributed by atoms with Crippen LogP contribution >= 0.6 is 0 Å². The standard InChI is InChI=1S/C9H10N6O/c1-2-3-5-13-14-8-6-7(11-4-10-6)12-9(16)15(5)8/h4H,2-3H2,1H3,(H,10,11)(H,12,16). The normalized spacial score (nSPS) is 11.6. The molecule has 0 saturated carbocycles. The summed E-state index contributed by atoms with van der Waals surface area (Å²) in [7, 11) is 0. The van der Waals surface area contributed by atoms with E-state index in [4.69, 9.17) is 0 Å². The molecule has 0 fully saturated rings. The molecule has 0 amide bonds. The van der Waals surface area contributed by atoms with Crippen molar-refractivity contribution in [1.82, 2.24) is 29.5 Å². The molecule has 0 aliphatic carbocycles. The molecule has 0 saturated heterocycles. The number of rotatable bonds is 2. The van der Waals surface area contributed by atoms with Crippen molar-refractivity contribution in [1.29, 1.82) is 0 Å². The average molecular weight is 218 g/mol. The van der Waals surface area contributed by atoms with E-state index in [-0.39, 0.29) is 5.69 Å². The summed E-state index contributed by atoms with van der Waals surface area (Å²) in [5.74, 6) is 0.676. The fraction of sp³-hybridized carbons (Fsp3) is 0.333. The van der Waals surface area contributed by atoms with Crippen LogP contribution in [0.3, 0.4) is 0 Å². The van der Waals surface area contributed by atoms with E-state index in [0.29, 0.717) is 22.6 Å². The number of aryl methyl sites for hydroxylation is 1. The Kier molecular flexibility index (Phi) is 1.79. The van der Waals surface area contributed by atoms with E-state index < -0.39 is 0 Å². The third kappa shape index (κ3) is 1.08. The van der Waals surface area contributed by atoms with Crippen LogP contribution in [0.2, 0.25) is 0 Å². The molecule has 0 radical (unpaired) electrons. The van der Waals surface area contributed by atoms with Gasteiger partial charge in [0.15, 0.2) is 11.3 Å². The second-order valence-corrected chi connectivity index (χ2v) is 3.58. The van der Waals surface area contributed by atoms with Crippen LogP contribution in [0.4, 0.5) is 0 Å². The average Bonchev–Trinajstić information content (AvgIpc) is 2.84. The summed E-state index contributed by atoms with van der Waals surface area (Å²) >= 11 is 0. The summed E-state index contributed by atoms with van der Waals surface area (Å²) in [6.45, 7) is 2.03. The molecule has 0 aliphatic rings. The first-order valence-electron chi connectivity index (χ1n) is 5.10. The van der Waals surface area contributed by atoms with E-state index in [9.17, 15) is 4.79 Å². The Hall–Kier alpha value is -2.18. The second kappa shape index (κ2) is 3.16. The summed E-state index contributed by atoms with van der Waals surface area (Å²) in [6, 6.07) is 0. The Morgan fingerprint density at radius 2 is 2.31 bits per heavy atom. The van der Waals surface area contributed by atoms with Crippen molar-refractivity contribution in [3.8, 4) is 0 Å². The first-order valence-corrected chi connectivity index (χ1v) is 5.10. The van der Waals surface area contributed by atoms with Crippen LogP contribution in [0.1, 0.15) is 19.2 Å². The van der Waals surface area contributed by atoms with Crippen molar-refractivity contribution < 1.29 is 0 Å². The van der Waals surface area contributed by atoms with E-state index in [1.165, 1.54) is 10.7 Å². The number of hydrogen-bond acceptors (Lipinski definition) is 4. The van der Waals surface area contributed by atoms with Crippen LogP contribution in [-0.2, 0) is 6.42 Å². The highest BCUT2D eigenvalue weighted by atomic mass is 16.1. The lowest BCUT2D eigenvalue weighted by atomic mass is 10.3. The maximum absolute atomic E-state index is 11.8. The van der Waals surface area contributed by atoms with Crippen LogP contribution < -0.4 is 5.69 Å². The third-order valence-electron chi connectivity index (χ3n) is 2.50. The van der Waals surface area contributed by atoms with Gasteiger partial charge < -0.3 is 4.98 Å². The number of nitrogens with one attached hydrogen (secondary N) is 2. The Morgan fingerprint density at radius 1 is 1.44 bits per heavy atom. The molecule has 0 unspecified atom stereocenters. The van der Waals surface area contributed by atoms with Gasteiger partial charge in [0.25, 0.3) is 0 Å². The fourth-order valence-corrected chi connectivity index (χ4v) is 1.79. The molecule has 3 aromatic heterocycles. The lowest BCUT2D eigenvalue weighted by Crippen LogP contribution is -2.18. The van der Waals surface area contributed by atoms with E-state index in [1.807, 2.05) is 6.92 Å². The molecule has 7 nitrogen and oxygen atoms in total. The van der Waals surface area contributed by atoms with E-state index in [2.05, 4.69) is 25.1 Å². The zero-order valence-electron chi connectivity index (χ0n) is 8.69. The lowest BCUT2D eigenvalue weighted by Gasteiger charge is -1.96. The highest BCUT2D eigenvalue weighted by Gasteiger charge is 2.12. The van der Waals surface area contributed by atoms with Gasteiger partial charge in [-0.2, -0.15) is 0 Å². The van der Waals surface area contributed by atoms with Crippen molar-refractivity contribution >= 4 is 16.8 Å². The van der Waals surface area contributed by atoms with Crippen LogP contribution in [0.15, 0.2) is 11.1 Å². The van der Waals surface area contributed by atoms with E-state index >= 15 is 0 Å². The molecular formula is C9H10N6O. The Morgan fingerprint density at radius 3 is 3.12 bits per heavy atom. The number of aromatic amines is 2. The Balaban J connectivity index is 2.47. The molecule has 7 heteroatoms. The van der Waals surface area contributed by atoms with Crippen molar-refractivity contribution in [2.24, 2.45) is 0 Å². The largest absolute Gasteiger partial charge is 0.340 e. The summed E-state index contributed by atoms with van der Waals surface area (Å²) < 4.78 is 1.49. The number of imidazole rings is 1. The maximum Gasteiger partial charge on any atom is 0.334 e. The van der Waals surface area contributed by atoms with Gasteiger partial charge >= 0.3 is 5.69 Å². The zero-order chi connectivity index (χ0) is 11.1. The molecule has 3 aromatic rings. The predicted molar refractivity (Wildman–Crippen MR) is 57.3 cm³/mol. The van der Waals surface area contributed by atoms with Gasteiger partial charge in [0, 0.05) is 6.42 Å². The summed E-state index contributed by atoms with van der Waals surface area (Å²) in [5, 5.41) is 8.04. The van der Waals surface area contributed by atoms with Crippen LogP contribution in [0.25, 0.3) is 16.8 Å². The predicted octanol–water partition coefficient (Wildman–Crippen LogP) is 0.246. The molecular weight excluding hydrogens is 208 g/mol. The van der Waals surface area contributed by atoms with E-state index in [0.717, 1.165) is 12.8 Å². The molecule has 2 N–H and O–H groups in total. The Labute approximate surface area is 89.5 Å². The van der Waals surface area contributed by atoms with Gasteiger partial charge in [-0.05, 0) is 6.42 Å². The summed E-state index contributed by atoms with van der Waals surface area (Å²) in [6.07, 6.45) is 3.17. The topological polar surface area (TPSA) is 91.7 Å².